The Morgan fingerprint density at radius 2 is 0.904 bits per heavy atom. The molecule has 0 fully saturated rings. The second kappa shape index (κ2) is 12.5. The number of hydrogen-bond donors (Lipinski definition) is 0. The van der Waals surface area contributed by atoms with E-state index in [1.807, 2.05) is 0 Å². The van der Waals surface area contributed by atoms with Crippen molar-refractivity contribution in [3.8, 4) is 22.6 Å². The Bertz CT molecular complexity index is 2460. The second-order valence-electron chi connectivity index (χ2n) is 13.3. The smallest absolute Gasteiger partial charge is 0.253 e. The molecule has 0 atom stereocenters. The van der Waals surface area contributed by atoms with E-state index in [-0.39, 0.29) is 6.71 Å². The Morgan fingerprint density at radius 3 is 1.54 bits per heavy atom. The monoisotopic (exact) mass is 683 g/mol. The van der Waals surface area contributed by atoms with Crippen LogP contribution in [0.4, 0.5) is 17.1 Å². The molecule has 0 saturated carbocycles. The van der Waals surface area contributed by atoms with E-state index in [4.69, 9.17) is 4.74 Å². The first-order valence-corrected chi connectivity index (χ1v) is 19.4. The highest BCUT2D eigenvalue weighted by molar-refractivity contribution is 8.34. The topological polar surface area (TPSA) is 12.5 Å². The molecule has 2 heterocycles. The van der Waals surface area contributed by atoms with Crippen LogP contribution in [-0.2, 0) is 0 Å². The van der Waals surface area contributed by atoms with Crippen LogP contribution in [0.2, 0.25) is 0 Å². The highest BCUT2D eigenvalue weighted by Crippen LogP contribution is 2.74. The summed E-state index contributed by atoms with van der Waals surface area (Å²) < 4.78 is 6.95. The third kappa shape index (κ3) is 4.76. The first kappa shape index (κ1) is 30.6. The van der Waals surface area contributed by atoms with Gasteiger partial charge in [-0.05, 0) is 112 Å². The lowest BCUT2D eigenvalue weighted by Gasteiger charge is -2.49. The number of fused-ring (bicyclic) bond motifs is 4. The van der Waals surface area contributed by atoms with E-state index in [1.54, 1.807) is 0 Å². The third-order valence-electron chi connectivity index (χ3n) is 10.4. The maximum Gasteiger partial charge on any atom is 0.253 e. The van der Waals surface area contributed by atoms with Gasteiger partial charge in [0.2, 0.25) is 0 Å². The number of para-hydroxylation sites is 2. The first-order chi connectivity index (χ1) is 25.8. The summed E-state index contributed by atoms with van der Waals surface area (Å²) in [5.74, 6) is 1.87. The Balaban J connectivity index is 1.09. The van der Waals surface area contributed by atoms with Crippen molar-refractivity contribution in [1.29, 1.82) is 0 Å². The van der Waals surface area contributed by atoms with Gasteiger partial charge in [0.15, 0.2) is 0 Å². The molecule has 0 unspecified atom stereocenters. The van der Waals surface area contributed by atoms with E-state index in [2.05, 4.69) is 211 Å². The Labute approximate surface area is 307 Å². The number of benzene rings is 8. The normalized spacial score (nSPS) is 13.9. The number of hydrogen-bond acceptors (Lipinski definition) is 2. The SMILES string of the molecule is c1ccc(N(c2ccccc2)c2ccc(-c3ccc4c(c3)Oc3cccc5c3B4c3ccccc3S5(c3ccccc3)c3ccccc3)cc2)cc1. The zero-order chi connectivity index (χ0) is 34.5. The molecule has 0 radical (unpaired) electrons. The molecule has 0 saturated heterocycles. The van der Waals surface area contributed by atoms with Gasteiger partial charge < -0.3 is 9.64 Å². The number of nitrogens with zero attached hydrogens (tertiary/aromatic N) is 1. The summed E-state index contributed by atoms with van der Waals surface area (Å²) in [5.41, 5.74) is 9.49. The van der Waals surface area contributed by atoms with Crippen molar-refractivity contribution in [2.45, 2.75) is 19.6 Å². The minimum Gasteiger partial charge on any atom is -0.458 e. The summed E-state index contributed by atoms with van der Waals surface area (Å²) in [7, 11) is -1.79. The Kier molecular flexibility index (Phi) is 7.37. The fourth-order valence-corrected chi connectivity index (χ4v) is 12.5. The largest absolute Gasteiger partial charge is 0.458 e. The summed E-state index contributed by atoms with van der Waals surface area (Å²) in [6.45, 7) is 0.0703. The molecule has 10 rings (SSSR count). The Morgan fingerprint density at radius 1 is 0.385 bits per heavy atom. The molecule has 52 heavy (non-hydrogen) atoms. The van der Waals surface area contributed by atoms with Gasteiger partial charge in [0.1, 0.15) is 11.5 Å². The van der Waals surface area contributed by atoms with E-state index in [9.17, 15) is 0 Å². The molecular weight excluding hydrogens is 649 g/mol. The number of anilines is 3. The highest BCUT2D eigenvalue weighted by atomic mass is 32.3. The summed E-state index contributed by atoms with van der Waals surface area (Å²) in [5, 5.41) is 0. The number of ether oxygens (including phenoxy) is 1. The second-order valence-corrected chi connectivity index (χ2v) is 16.3. The van der Waals surface area contributed by atoms with Gasteiger partial charge in [0.25, 0.3) is 6.71 Å². The van der Waals surface area contributed by atoms with E-state index in [1.165, 1.54) is 36.0 Å². The van der Waals surface area contributed by atoms with Crippen LogP contribution < -0.4 is 26.0 Å². The van der Waals surface area contributed by atoms with Crippen LogP contribution in [-0.4, -0.2) is 6.71 Å². The predicted octanol–water partition coefficient (Wildman–Crippen LogP) is 11.1. The molecule has 0 aromatic heterocycles. The molecule has 2 aliphatic rings. The lowest BCUT2D eigenvalue weighted by Crippen LogP contribution is -2.59. The van der Waals surface area contributed by atoms with Gasteiger partial charge in [-0.15, -0.1) is 10.0 Å². The fourth-order valence-electron chi connectivity index (χ4n) is 8.22. The van der Waals surface area contributed by atoms with Crippen molar-refractivity contribution < 1.29 is 4.74 Å². The van der Waals surface area contributed by atoms with Crippen LogP contribution in [0, 0.1) is 0 Å². The van der Waals surface area contributed by atoms with Crippen molar-refractivity contribution in [2.24, 2.45) is 0 Å². The molecule has 0 amide bonds. The Hall–Kier alpha value is -6.23. The van der Waals surface area contributed by atoms with Crippen molar-refractivity contribution in [3.05, 3.63) is 206 Å². The molecule has 246 valence electrons. The fraction of sp³-hybridized carbons (Fsp3) is 0. The van der Waals surface area contributed by atoms with Gasteiger partial charge in [-0.1, -0.05) is 127 Å². The quantitative estimate of drug-likeness (QED) is 0.162. The minimum atomic E-state index is -1.79. The average Bonchev–Trinajstić information content (AvgIpc) is 3.22. The van der Waals surface area contributed by atoms with Crippen LogP contribution in [0.3, 0.4) is 0 Å². The van der Waals surface area contributed by atoms with Gasteiger partial charge in [-0.25, -0.2) is 0 Å². The molecule has 4 heteroatoms. The summed E-state index contributed by atoms with van der Waals surface area (Å²) in [6, 6.07) is 74.8. The van der Waals surface area contributed by atoms with Gasteiger partial charge in [-0.2, -0.15) is 0 Å². The van der Waals surface area contributed by atoms with Crippen molar-refractivity contribution in [1.82, 2.24) is 0 Å². The highest BCUT2D eigenvalue weighted by Gasteiger charge is 2.48. The van der Waals surface area contributed by atoms with E-state index in [0.29, 0.717) is 0 Å². The van der Waals surface area contributed by atoms with Crippen LogP contribution in [0.1, 0.15) is 0 Å². The minimum absolute atomic E-state index is 0.0703. The lowest BCUT2D eigenvalue weighted by atomic mass is 9.35. The van der Waals surface area contributed by atoms with Crippen molar-refractivity contribution in [3.63, 3.8) is 0 Å². The zero-order valence-corrected chi connectivity index (χ0v) is 29.3. The van der Waals surface area contributed by atoms with E-state index < -0.39 is 10.0 Å². The molecule has 2 nitrogen and oxygen atoms in total. The predicted molar refractivity (Wildman–Crippen MR) is 218 cm³/mol. The maximum absolute atomic E-state index is 6.95. The lowest BCUT2D eigenvalue weighted by molar-refractivity contribution is 0.486. The van der Waals surface area contributed by atoms with Crippen LogP contribution in [0.25, 0.3) is 11.1 Å². The van der Waals surface area contributed by atoms with Crippen LogP contribution in [0.15, 0.2) is 226 Å². The number of rotatable bonds is 6. The summed E-state index contributed by atoms with van der Waals surface area (Å²) in [6.07, 6.45) is 0. The van der Waals surface area contributed by atoms with Gasteiger partial charge in [0.05, 0.1) is 0 Å². The standard InChI is InChI=1S/C48H34BNOS/c1-5-16-37(17-6-1)50(38-18-7-2-8-19-38)39-31-28-35(29-32-39)36-30-33-42-45(34-36)51-44-25-15-27-47-48(44)49(42)43-24-13-14-26-46(43)52(47,40-20-9-3-10-21-40)41-22-11-4-12-23-41/h1-34H. The molecule has 2 aliphatic heterocycles. The first-order valence-electron chi connectivity index (χ1n) is 17.8. The van der Waals surface area contributed by atoms with Crippen LogP contribution in [0.5, 0.6) is 11.5 Å². The molecule has 8 aromatic carbocycles. The maximum atomic E-state index is 6.95. The molecule has 0 bridgehead atoms. The molecule has 0 aliphatic carbocycles. The molecule has 8 aromatic rings. The zero-order valence-electron chi connectivity index (χ0n) is 28.5. The van der Waals surface area contributed by atoms with Gasteiger partial charge in [-0.3, -0.25) is 0 Å². The van der Waals surface area contributed by atoms with Gasteiger partial charge in [0, 0.05) is 31.7 Å². The molecule has 0 spiro atoms. The summed E-state index contributed by atoms with van der Waals surface area (Å²) >= 11 is 0. The van der Waals surface area contributed by atoms with Gasteiger partial charge >= 0.3 is 0 Å². The molecule has 0 N–H and O–H groups in total. The van der Waals surface area contributed by atoms with Crippen molar-refractivity contribution >= 4 is 50.2 Å². The van der Waals surface area contributed by atoms with E-state index >= 15 is 0 Å². The average molecular weight is 684 g/mol. The summed E-state index contributed by atoms with van der Waals surface area (Å²) in [4.78, 5) is 7.72. The van der Waals surface area contributed by atoms with Crippen molar-refractivity contribution in [2.75, 3.05) is 4.90 Å². The van der Waals surface area contributed by atoms with E-state index in [0.717, 1.165) is 39.7 Å². The third-order valence-corrected chi connectivity index (χ3v) is 14.4. The van der Waals surface area contributed by atoms with Crippen LogP contribution >= 0.6 is 10.0 Å². The molecular formula is C48H34BNOS.